The number of hydrogen-bond acceptors (Lipinski definition) is 2. The quantitative estimate of drug-likeness (QED) is 0.666. The second-order valence-electron chi connectivity index (χ2n) is 5.57. The van der Waals surface area contributed by atoms with E-state index >= 15 is 0 Å². The maximum atomic E-state index is 11.5. The fourth-order valence-corrected chi connectivity index (χ4v) is 3.11. The van der Waals surface area contributed by atoms with E-state index in [2.05, 4.69) is 39.0 Å². The van der Waals surface area contributed by atoms with E-state index in [4.69, 9.17) is 0 Å². The van der Waals surface area contributed by atoms with Crippen molar-refractivity contribution in [3.63, 3.8) is 0 Å². The number of aryl methyl sites for hydroxylation is 1. The number of ketones is 1. The molecule has 0 aliphatic heterocycles. The fourth-order valence-electron chi connectivity index (χ4n) is 2.02. The Balaban J connectivity index is 2.70. The first kappa shape index (κ1) is 12.3. The number of carbonyl (C=O) groups is 1. The minimum absolute atomic E-state index is 0.152. The zero-order valence-corrected chi connectivity index (χ0v) is 11.9. The first-order valence-electron chi connectivity index (χ1n) is 5.85. The highest BCUT2D eigenvalue weighted by atomic mass is 32.1. The highest BCUT2D eigenvalue weighted by Gasteiger charge is 2.17. The molecule has 0 N–H and O–H groups in total. The number of carbonyl (C=O) groups excluding carboxylic acids is 1. The lowest BCUT2D eigenvalue weighted by Crippen LogP contribution is -2.10. The molecule has 1 heterocycles. The third-order valence-electron chi connectivity index (χ3n) is 3.12. The monoisotopic (exact) mass is 246 g/mol. The van der Waals surface area contributed by atoms with Crippen molar-refractivity contribution in [2.24, 2.45) is 0 Å². The smallest absolute Gasteiger partial charge is 0.170 e. The minimum Gasteiger partial charge on any atom is -0.294 e. The summed E-state index contributed by atoms with van der Waals surface area (Å²) in [6, 6.07) is 6.54. The summed E-state index contributed by atoms with van der Waals surface area (Å²) in [5, 5.41) is 1.23. The van der Waals surface area contributed by atoms with Crippen LogP contribution >= 0.6 is 11.3 Å². The van der Waals surface area contributed by atoms with Crippen LogP contribution < -0.4 is 0 Å². The molecule has 0 spiro atoms. The molecule has 0 fully saturated rings. The molecule has 0 atom stereocenters. The van der Waals surface area contributed by atoms with Gasteiger partial charge in [-0.1, -0.05) is 26.8 Å². The molecule has 2 rings (SSSR count). The standard InChI is InChI=1S/C15H18OS/c1-9-12-8-11(15(3,4)5)6-7-13(12)17-14(9)10(2)16/h6-8H,1-5H3. The Morgan fingerprint density at radius 3 is 2.41 bits per heavy atom. The van der Waals surface area contributed by atoms with Gasteiger partial charge < -0.3 is 0 Å². The molecule has 2 heteroatoms. The van der Waals surface area contributed by atoms with E-state index in [9.17, 15) is 4.79 Å². The van der Waals surface area contributed by atoms with Gasteiger partial charge in [0.05, 0.1) is 4.88 Å². The summed E-state index contributed by atoms with van der Waals surface area (Å²) < 4.78 is 1.21. The predicted molar refractivity (Wildman–Crippen MR) is 75.3 cm³/mol. The third-order valence-corrected chi connectivity index (χ3v) is 4.50. The Kier molecular flexibility index (Phi) is 2.86. The van der Waals surface area contributed by atoms with Gasteiger partial charge in [0.2, 0.25) is 0 Å². The molecule has 17 heavy (non-hydrogen) atoms. The Morgan fingerprint density at radius 2 is 1.88 bits per heavy atom. The highest BCUT2D eigenvalue weighted by Crippen LogP contribution is 2.34. The van der Waals surface area contributed by atoms with E-state index in [1.165, 1.54) is 15.6 Å². The molecule has 1 aromatic carbocycles. The van der Waals surface area contributed by atoms with E-state index in [-0.39, 0.29) is 11.2 Å². The summed E-state index contributed by atoms with van der Waals surface area (Å²) in [6.45, 7) is 10.3. The van der Waals surface area contributed by atoms with E-state index in [1.54, 1.807) is 18.3 Å². The predicted octanol–water partition coefficient (Wildman–Crippen LogP) is 4.71. The summed E-state index contributed by atoms with van der Waals surface area (Å²) in [7, 11) is 0. The molecular weight excluding hydrogens is 228 g/mol. The van der Waals surface area contributed by atoms with E-state index in [0.29, 0.717) is 0 Å². The van der Waals surface area contributed by atoms with Crippen LogP contribution in [0.25, 0.3) is 10.1 Å². The van der Waals surface area contributed by atoms with Gasteiger partial charge >= 0.3 is 0 Å². The first-order chi connectivity index (χ1) is 7.80. The largest absolute Gasteiger partial charge is 0.294 e. The van der Waals surface area contributed by atoms with Gasteiger partial charge in [0.1, 0.15) is 0 Å². The lowest BCUT2D eigenvalue weighted by atomic mass is 9.86. The number of fused-ring (bicyclic) bond motifs is 1. The minimum atomic E-state index is 0.152. The van der Waals surface area contributed by atoms with Gasteiger partial charge in [0.15, 0.2) is 5.78 Å². The average Bonchev–Trinajstić information content (AvgIpc) is 2.54. The average molecular weight is 246 g/mol. The van der Waals surface area contributed by atoms with Crippen molar-refractivity contribution < 1.29 is 4.79 Å². The van der Waals surface area contributed by atoms with Crippen LogP contribution in [0, 0.1) is 6.92 Å². The fraction of sp³-hybridized carbons (Fsp3) is 0.400. The van der Waals surface area contributed by atoms with Crippen molar-refractivity contribution in [3.05, 3.63) is 34.2 Å². The Labute approximate surface area is 106 Å². The van der Waals surface area contributed by atoms with E-state index in [1.807, 2.05) is 6.92 Å². The lowest BCUT2D eigenvalue weighted by Gasteiger charge is -2.19. The van der Waals surface area contributed by atoms with Crippen LogP contribution in [0.4, 0.5) is 0 Å². The summed E-state index contributed by atoms with van der Waals surface area (Å²) in [6.07, 6.45) is 0. The Hall–Kier alpha value is -1.15. The van der Waals surface area contributed by atoms with Crippen LogP contribution in [0.2, 0.25) is 0 Å². The number of benzene rings is 1. The molecule has 0 saturated heterocycles. The molecule has 0 radical (unpaired) electrons. The van der Waals surface area contributed by atoms with E-state index < -0.39 is 0 Å². The van der Waals surface area contributed by atoms with Gasteiger partial charge in [-0.25, -0.2) is 0 Å². The molecule has 0 aliphatic rings. The summed E-state index contributed by atoms with van der Waals surface area (Å²) in [4.78, 5) is 12.4. The van der Waals surface area contributed by atoms with Crippen LogP contribution in [-0.2, 0) is 5.41 Å². The zero-order valence-electron chi connectivity index (χ0n) is 11.0. The lowest BCUT2D eigenvalue weighted by molar-refractivity contribution is 0.102. The first-order valence-corrected chi connectivity index (χ1v) is 6.67. The van der Waals surface area contributed by atoms with Crippen LogP contribution in [0.15, 0.2) is 18.2 Å². The van der Waals surface area contributed by atoms with Gasteiger partial charge in [0, 0.05) is 4.70 Å². The molecule has 0 bridgehead atoms. The van der Waals surface area contributed by atoms with Crippen LogP contribution in [0.1, 0.15) is 48.5 Å². The van der Waals surface area contributed by atoms with Gasteiger partial charge in [-0.2, -0.15) is 0 Å². The molecule has 0 aliphatic carbocycles. The molecule has 2 aromatic rings. The number of rotatable bonds is 1. The second-order valence-corrected chi connectivity index (χ2v) is 6.63. The van der Waals surface area contributed by atoms with Crippen LogP contribution in [0.5, 0.6) is 0 Å². The van der Waals surface area contributed by atoms with Crippen LogP contribution in [0.3, 0.4) is 0 Å². The van der Waals surface area contributed by atoms with Gasteiger partial charge in [0.25, 0.3) is 0 Å². The molecule has 0 saturated carbocycles. The van der Waals surface area contributed by atoms with Crippen molar-refractivity contribution in [1.29, 1.82) is 0 Å². The number of hydrogen-bond donors (Lipinski definition) is 0. The van der Waals surface area contributed by atoms with Crippen molar-refractivity contribution in [2.75, 3.05) is 0 Å². The van der Waals surface area contributed by atoms with E-state index in [0.717, 1.165) is 10.4 Å². The molecule has 1 aromatic heterocycles. The van der Waals surface area contributed by atoms with Crippen molar-refractivity contribution >= 4 is 27.2 Å². The molecule has 0 unspecified atom stereocenters. The third kappa shape index (κ3) is 2.14. The topological polar surface area (TPSA) is 17.1 Å². The molecule has 90 valence electrons. The van der Waals surface area contributed by atoms with Gasteiger partial charge in [-0.3, -0.25) is 4.79 Å². The zero-order chi connectivity index (χ0) is 12.8. The number of thiophene rings is 1. The summed E-state index contributed by atoms with van der Waals surface area (Å²) in [5.41, 5.74) is 2.60. The molecule has 1 nitrogen and oxygen atoms in total. The van der Waals surface area contributed by atoms with Gasteiger partial charge in [-0.15, -0.1) is 11.3 Å². The normalized spacial score (nSPS) is 12.1. The molecular formula is C15H18OS. The summed E-state index contributed by atoms with van der Waals surface area (Å²) in [5.74, 6) is 0.168. The highest BCUT2D eigenvalue weighted by molar-refractivity contribution is 7.21. The maximum absolute atomic E-state index is 11.5. The Bertz CT molecular complexity index is 585. The van der Waals surface area contributed by atoms with Crippen LogP contribution in [-0.4, -0.2) is 5.78 Å². The second kappa shape index (κ2) is 3.95. The van der Waals surface area contributed by atoms with Gasteiger partial charge in [-0.05, 0) is 47.9 Å². The van der Waals surface area contributed by atoms with Crippen molar-refractivity contribution in [1.82, 2.24) is 0 Å². The molecule has 0 amide bonds. The number of Topliss-reactive ketones (excluding diaryl/α,β-unsaturated/α-hetero) is 1. The van der Waals surface area contributed by atoms with Crippen molar-refractivity contribution in [3.8, 4) is 0 Å². The summed E-state index contributed by atoms with van der Waals surface area (Å²) >= 11 is 1.60. The SMILES string of the molecule is CC(=O)c1sc2ccc(C(C)(C)C)cc2c1C. The maximum Gasteiger partial charge on any atom is 0.170 e. The Morgan fingerprint density at radius 1 is 1.24 bits per heavy atom. The van der Waals surface area contributed by atoms with Crippen molar-refractivity contribution in [2.45, 2.75) is 40.0 Å².